The first-order valence-electron chi connectivity index (χ1n) is 22.2. The second kappa shape index (κ2) is 13.4. The van der Waals surface area contributed by atoms with E-state index in [1.54, 1.807) is 0 Å². The Morgan fingerprint density at radius 3 is 1.54 bits per heavy atom. The van der Waals surface area contributed by atoms with E-state index in [4.69, 9.17) is 0 Å². The molecule has 3 aliphatic carbocycles. The fourth-order valence-corrected chi connectivity index (χ4v) is 11.9. The lowest BCUT2D eigenvalue weighted by Crippen LogP contribution is -2.26. The molecule has 0 unspecified atom stereocenters. The maximum Gasteiger partial charge on any atom is 0.0726 e. The monoisotopic (exact) mass is 801 g/mol. The SMILES string of the molecule is CC1(C)c2cccc(-c3ccccc3N(c3ccc(-c4ccccc4)cc3)c3ccc4c(c3)C3(c5ccccc5-c5ccccc53)c3ccccc3-4)c2-c2ccc3ccccc3c21. The van der Waals surface area contributed by atoms with E-state index in [-0.39, 0.29) is 5.41 Å². The Bertz CT molecular complexity index is 3420. The van der Waals surface area contributed by atoms with Crippen LogP contribution in [0.1, 0.15) is 47.2 Å². The van der Waals surface area contributed by atoms with Gasteiger partial charge in [0.15, 0.2) is 0 Å². The van der Waals surface area contributed by atoms with Crippen LogP contribution in [0.3, 0.4) is 0 Å². The molecule has 3 aliphatic rings. The third-order valence-corrected chi connectivity index (χ3v) is 14.5. The van der Waals surface area contributed by atoms with Crippen LogP contribution in [-0.2, 0) is 10.8 Å². The number of rotatable bonds is 5. The van der Waals surface area contributed by atoms with Gasteiger partial charge in [-0.25, -0.2) is 0 Å². The van der Waals surface area contributed by atoms with Crippen LogP contribution >= 0.6 is 0 Å². The number of para-hydroxylation sites is 1. The van der Waals surface area contributed by atoms with Crippen molar-refractivity contribution in [3.8, 4) is 55.6 Å². The summed E-state index contributed by atoms with van der Waals surface area (Å²) in [5.41, 5.74) is 23.7. The molecule has 0 amide bonds. The van der Waals surface area contributed by atoms with E-state index in [9.17, 15) is 0 Å². The molecule has 1 heteroatoms. The lowest BCUT2D eigenvalue weighted by atomic mass is 9.70. The maximum absolute atomic E-state index is 2.51. The van der Waals surface area contributed by atoms with E-state index in [0.29, 0.717) is 0 Å². The molecule has 0 radical (unpaired) electrons. The number of hydrogen-bond donors (Lipinski definition) is 0. The second-order valence-corrected chi connectivity index (χ2v) is 17.9. The zero-order valence-electron chi connectivity index (χ0n) is 35.3. The normalized spacial score (nSPS) is 14.1. The average molecular weight is 802 g/mol. The average Bonchev–Trinajstić information content (AvgIpc) is 3.91. The van der Waals surface area contributed by atoms with Gasteiger partial charge in [-0.05, 0) is 125 Å². The molecule has 10 aromatic rings. The van der Waals surface area contributed by atoms with Gasteiger partial charge in [-0.2, -0.15) is 0 Å². The highest BCUT2D eigenvalue weighted by Gasteiger charge is 2.51. The highest BCUT2D eigenvalue weighted by atomic mass is 15.1. The molecular formula is C62H43N. The summed E-state index contributed by atoms with van der Waals surface area (Å²) in [5.74, 6) is 0. The first-order valence-corrected chi connectivity index (χ1v) is 22.2. The first kappa shape index (κ1) is 36.0. The number of nitrogens with zero attached hydrogens (tertiary/aromatic N) is 1. The second-order valence-electron chi connectivity index (χ2n) is 17.9. The minimum Gasteiger partial charge on any atom is -0.310 e. The highest BCUT2D eigenvalue weighted by Crippen LogP contribution is 2.64. The third-order valence-electron chi connectivity index (χ3n) is 14.5. The largest absolute Gasteiger partial charge is 0.310 e. The first-order chi connectivity index (χ1) is 31.0. The minimum absolute atomic E-state index is 0.166. The van der Waals surface area contributed by atoms with Crippen LogP contribution in [0.5, 0.6) is 0 Å². The fourth-order valence-electron chi connectivity index (χ4n) is 11.9. The molecule has 63 heavy (non-hydrogen) atoms. The zero-order valence-corrected chi connectivity index (χ0v) is 35.3. The molecule has 0 fully saturated rings. The summed E-state index contributed by atoms with van der Waals surface area (Å²) in [7, 11) is 0. The Balaban J connectivity index is 1.07. The van der Waals surface area contributed by atoms with Crippen molar-refractivity contribution in [3.63, 3.8) is 0 Å². The molecule has 1 nitrogen and oxygen atoms in total. The predicted octanol–water partition coefficient (Wildman–Crippen LogP) is 16.3. The lowest BCUT2D eigenvalue weighted by molar-refractivity contribution is 0.666. The smallest absolute Gasteiger partial charge is 0.0726 e. The van der Waals surface area contributed by atoms with Crippen LogP contribution in [0.2, 0.25) is 0 Å². The summed E-state index contributed by atoms with van der Waals surface area (Å²) in [6.07, 6.45) is 0. The van der Waals surface area contributed by atoms with Gasteiger partial charge in [-0.15, -0.1) is 0 Å². The van der Waals surface area contributed by atoms with E-state index in [2.05, 4.69) is 243 Å². The van der Waals surface area contributed by atoms with E-state index in [1.807, 2.05) is 0 Å². The predicted molar refractivity (Wildman–Crippen MR) is 263 cm³/mol. The zero-order chi connectivity index (χ0) is 41.9. The van der Waals surface area contributed by atoms with E-state index >= 15 is 0 Å². The molecule has 0 aromatic heterocycles. The summed E-state index contributed by atoms with van der Waals surface area (Å²) < 4.78 is 0. The quantitative estimate of drug-likeness (QED) is 0.168. The molecule has 296 valence electrons. The Morgan fingerprint density at radius 2 is 0.841 bits per heavy atom. The molecule has 0 saturated heterocycles. The number of anilines is 3. The van der Waals surface area contributed by atoms with Crippen LogP contribution in [0, 0.1) is 0 Å². The number of hydrogen-bond acceptors (Lipinski definition) is 1. The van der Waals surface area contributed by atoms with Gasteiger partial charge >= 0.3 is 0 Å². The van der Waals surface area contributed by atoms with Gasteiger partial charge in [-0.1, -0.05) is 208 Å². The van der Waals surface area contributed by atoms with Crippen LogP contribution in [0.4, 0.5) is 17.1 Å². The van der Waals surface area contributed by atoms with E-state index < -0.39 is 5.41 Å². The molecule has 0 aliphatic heterocycles. The van der Waals surface area contributed by atoms with E-state index in [1.165, 1.54) is 99.8 Å². The minimum atomic E-state index is -0.449. The van der Waals surface area contributed by atoms with Gasteiger partial charge in [0.25, 0.3) is 0 Å². The molecule has 13 rings (SSSR count). The summed E-state index contributed by atoms with van der Waals surface area (Å²) in [5, 5.41) is 2.62. The Hall–Kier alpha value is -7.74. The fraction of sp³-hybridized carbons (Fsp3) is 0.0645. The van der Waals surface area contributed by atoms with Gasteiger partial charge in [0.2, 0.25) is 0 Å². The lowest BCUT2D eigenvalue weighted by Gasteiger charge is -2.33. The molecule has 0 atom stereocenters. The van der Waals surface area contributed by atoms with Crippen molar-refractivity contribution in [1.29, 1.82) is 0 Å². The summed E-state index contributed by atoms with van der Waals surface area (Å²) in [4.78, 5) is 2.51. The highest BCUT2D eigenvalue weighted by molar-refractivity contribution is 6.04. The van der Waals surface area contributed by atoms with Gasteiger partial charge in [0.1, 0.15) is 0 Å². The Kier molecular flexibility index (Phi) is 7.64. The molecule has 10 aromatic carbocycles. The standard InChI is InChI=1S/C62H43N/c1-61(2)56-29-16-25-51(59(56)52-37-33-42-19-6-7-20-45(42)60(52)61)50-24-11-15-30-58(50)63(43-34-31-41(32-35-43)40-17-4-3-5-18-40)44-36-38-49-48-23-10-14-28-55(48)62(57(49)39-44)53-26-12-8-21-46(53)47-22-9-13-27-54(47)62/h3-39H,1-2H3. The van der Waals surface area contributed by atoms with Gasteiger partial charge in [0.05, 0.1) is 11.1 Å². The van der Waals surface area contributed by atoms with Crippen LogP contribution in [-0.4, -0.2) is 0 Å². The van der Waals surface area contributed by atoms with Crippen molar-refractivity contribution in [2.75, 3.05) is 4.90 Å². The van der Waals surface area contributed by atoms with Crippen LogP contribution in [0.25, 0.3) is 66.4 Å². The number of benzene rings is 10. The molecular weight excluding hydrogens is 759 g/mol. The summed E-state index contributed by atoms with van der Waals surface area (Å²) >= 11 is 0. The van der Waals surface area contributed by atoms with Crippen LogP contribution in [0.15, 0.2) is 224 Å². The Labute approximate surface area is 369 Å². The Morgan fingerprint density at radius 1 is 0.333 bits per heavy atom. The van der Waals surface area contributed by atoms with Crippen molar-refractivity contribution >= 4 is 27.8 Å². The van der Waals surface area contributed by atoms with Gasteiger partial charge < -0.3 is 4.90 Å². The molecule has 0 bridgehead atoms. The molecule has 0 heterocycles. The van der Waals surface area contributed by atoms with Crippen molar-refractivity contribution < 1.29 is 0 Å². The van der Waals surface area contributed by atoms with Crippen molar-refractivity contribution in [1.82, 2.24) is 0 Å². The van der Waals surface area contributed by atoms with Gasteiger partial charge in [0, 0.05) is 22.4 Å². The third kappa shape index (κ3) is 4.94. The van der Waals surface area contributed by atoms with Gasteiger partial charge in [-0.3, -0.25) is 0 Å². The summed E-state index contributed by atoms with van der Waals surface area (Å²) in [6, 6.07) is 83.9. The maximum atomic E-state index is 2.51. The number of fused-ring (bicyclic) bond motifs is 15. The van der Waals surface area contributed by atoms with Crippen molar-refractivity contribution in [2.45, 2.75) is 24.7 Å². The van der Waals surface area contributed by atoms with Crippen molar-refractivity contribution in [2.24, 2.45) is 0 Å². The molecule has 1 spiro atoms. The van der Waals surface area contributed by atoms with Crippen molar-refractivity contribution in [3.05, 3.63) is 258 Å². The topological polar surface area (TPSA) is 3.24 Å². The molecule has 0 N–H and O–H groups in total. The molecule has 0 saturated carbocycles. The van der Waals surface area contributed by atoms with E-state index in [0.717, 1.165) is 17.1 Å². The summed E-state index contributed by atoms with van der Waals surface area (Å²) in [6.45, 7) is 4.80. The van der Waals surface area contributed by atoms with Crippen LogP contribution < -0.4 is 4.90 Å².